The van der Waals surface area contributed by atoms with E-state index in [-0.39, 0.29) is 11.7 Å². The lowest BCUT2D eigenvalue weighted by Crippen LogP contribution is -2.44. The van der Waals surface area contributed by atoms with Gasteiger partial charge in [0.15, 0.2) is 0 Å². The second kappa shape index (κ2) is 5.90. The van der Waals surface area contributed by atoms with Crippen LogP contribution in [0.5, 0.6) is 0 Å². The fraction of sp³-hybridized carbons (Fsp3) is 0.385. The normalized spacial score (nSPS) is 17.9. The minimum Gasteiger partial charge on any atom is -0.314 e. The van der Waals surface area contributed by atoms with Gasteiger partial charge in [-0.2, -0.15) is 0 Å². The molecule has 0 spiro atoms. The summed E-state index contributed by atoms with van der Waals surface area (Å²) in [5.41, 5.74) is 0.298. The van der Waals surface area contributed by atoms with E-state index in [4.69, 9.17) is 0 Å². The summed E-state index contributed by atoms with van der Waals surface area (Å²) in [5, 5.41) is 14.3. The molecule has 0 bridgehead atoms. The third-order valence-corrected chi connectivity index (χ3v) is 3.27. The van der Waals surface area contributed by atoms with Crippen LogP contribution in [0.25, 0.3) is 0 Å². The molecule has 6 heteroatoms. The third kappa shape index (κ3) is 2.97. The van der Waals surface area contributed by atoms with E-state index in [0.717, 1.165) is 32.2 Å². The molecule has 19 heavy (non-hydrogen) atoms. The van der Waals surface area contributed by atoms with Gasteiger partial charge >= 0.3 is 0 Å². The van der Waals surface area contributed by atoms with Crippen molar-refractivity contribution in [2.24, 2.45) is 0 Å². The highest BCUT2D eigenvalue weighted by Gasteiger charge is 2.26. The number of nitrogens with zero attached hydrogens (tertiary/aromatic N) is 2. The van der Waals surface area contributed by atoms with E-state index in [1.807, 2.05) is 0 Å². The number of nitrogens with one attached hydrogen (secondary N) is 1. The number of nitro groups is 1. The molecule has 1 aromatic carbocycles. The van der Waals surface area contributed by atoms with Crippen molar-refractivity contribution in [2.45, 2.75) is 6.04 Å². The standard InChI is InChI=1S/C13H16FN3O2/c1-2-12(16-7-5-15-6-8-16)11-9-10(14)3-4-13(11)17(18)19/h2-4,9,12,15H,1,5-8H2/t12-/m0/s1. The molecule has 1 heterocycles. The summed E-state index contributed by atoms with van der Waals surface area (Å²) < 4.78 is 13.4. The zero-order chi connectivity index (χ0) is 13.8. The maximum absolute atomic E-state index is 13.4. The topological polar surface area (TPSA) is 58.4 Å². The van der Waals surface area contributed by atoms with Gasteiger partial charge in [-0.05, 0) is 12.1 Å². The lowest BCUT2D eigenvalue weighted by atomic mass is 10.0. The van der Waals surface area contributed by atoms with E-state index >= 15 is 0 Å². The van der Waals surface area contributed by atoms with Gasteiger partial charge in [0, 0.05) is 32.2 Å². The van der Waals surface area contributed by atoms with Crippen LogP contribution in [-0.4, -0.2) is 36.0 Å². The van der Waals surface area contributed by atoms with Crippen molar-refractivity contribution in [3.8, 4) is 0 Å². The number of rotatable bonds is 4. The first-order valence-corrected chi connectivity index (χ1v) is 6.14. The average molecular weight is 265 g/mol. The molecular formula is C13H16FN3O2. The molecule has 1 atom stereocenters. The predicted molar refractivity (Wildman–Crippen MR) is 70.4 cm³/mol. The highest BCUT2D eigenvalue weighted by molar-refractivity contribution is 5.44. The Morgan fingerprint density at radius 3 is 2.74 bits per heavy atom. The van der Waals surface area contributed by atoms with Crippen LogP contribution in [0, 0.1) is 15.9 Å². The summed E-state index contributed by atoms with van der Waals surface area (Å²) in [6.45, 7) is 6.87. The Kier molecular flexibility index (Phi) is 4.24. The lowest BCUT2D eigenvalue weighted by Gasteiger charge is -2.33. The van der Waals surface area contributed by atoms with Crippen molar-refractivity contribution in [3.63, 3.8) is 0 Å². The fourth-order valence-corrected chi connectivity index (χ4v) is 2.36. The summed E-state index contributed by atoms with van der Waals surface area (Å²) in [7, 11) is 0. The minimum absolute atomic E-state index is 0.0650. The number of benzene rings is 1. The number of piperazine rings is 1. The van der Waals surface area contributed by atoms with Gasteiger partial charge in [0.1, 0.15) is 5.82 Å². The Balaban J connectivity index is 2.38. The Bertz CT molecular complexity index is 487. The zero-order valence-electron chi connectivity index (χ0n) is 10.5. The van der Waals surface area contributed by atoms with E-state index in [2.05, 4.69) is 16.8 Å². The molecule has 1 aliphatic rings. The van der Waals surface area contributed by atoms with Gasteiger partial charge in [0.2, 0.25) is 0 Å². The monoisotopic (exact) mass is 265 g/mol. The van der Waals surface area contributed by atoms with Gasteiger partial charge in [-0.1, -0.05) is 6.08 Å². The van der Waals surface area contributed by atoms with E-state index in [1.54, 1.807) is 6.08 Å². The van der Waals surface area contributed by atoms with Gasteiger partial charge < -0.3 is 5.32 Å². The summed E-state index contributed by atoms with van der Waals surface area (Å²) >= 11 is 0. The van der Waals surface area contributed by atoms with Crippen LogP contribution in [0.15, 0.2) is 30.9 Å². The lowest BCUT2D eigenvalue weighted by molar-refractivity contribution is -0.385. The van der Waals surface area contributed by atoms with E-state index in [0.29, 0.717) is 5.56 Å². The Labute approximate surface area is 110 Å². The van der Waals surface area contributed by atoms with Crippen LogP contribution in [-0.2, 0) is 0 Å². The maximum atomic E-state index is 13.4. The molecule has 0 unspecified atom stereocenters. The van der Waals surface area contributed by atoms with Crippen LogP contribution in [0.3, 0.4) is 0 Å². The largest absolute Gasteiger partial charge is 0.314 e. The quantitative estimate of drug-likeness (QED) is 0.513. The third-order valence-electron chi connectivity index (χ3n) is 3.27. The summed E-state index contributed by atoms with van der Waals surface area (Å²) in [4.78, 5) is 12.6. The number of hydrogen-bond acceptors (Lipinski definition) is 4. The Hall–Kier alpha value is -1.79. The smallest absolute Gasteiger partial charge is 0.274 e. The molecular weight excluding hydrogens is 249 g/mol. The van der Waals surface area contributed by atoms with Crippen molar-refractivity contribution in [3.05, 3.63) is 52.3 Å². The van der Waals surface area contributed by atoms with E-state index in [1.165, 1.54) is 12.1 Å². The molecule has 0 radical (unpaired) electrons. The SMILES string of the molecule is C=C[C@@H](c1cc(F)ccc1[N+](=O)[O-])N1CCNCC1. The van der Waals surface area contributed by atoms with Crippen molar-refractivity contribution in [2.75, 3.05) is 26.2 Å². The molecule has 0 amide bonds. The zero-order valence-corrected chi connectivity index (χ0v) is 10.5. The number of halogens is 1. The highest BCUT2D eigenvalue weighted by Crippen LogP contribution is 2.31. The summed E-state index contributed by atoms with van der Waals surface area (Å²) in [6.07, 6.45) is 1.63. The average Bonchev–Trinajstić information content (AvgIpc) is 2.40. The molecule has 1 aliphatic heterocycles. The predicted octanol–water partition coefficient (Wildman–Crippen LogP) is 1.87. The van der Waals surface area contributed by atoms with Crippen LogP contribution in [0.4, 0.5) is 10.1 Å². The molecule has 2 rings (SSSR count). The minimum atomic E-state index is -0.479. The first-order valence-electron chi connectivity index (χ1n) is 6.14. The van der Waals surface area contributed by atoms with Crippen molar-refractivity contribution in [1.82, 2.24) is 10.2 Å². The van der Waals surface area contributed by atoms with Crippen LogP contribution in [0.1, 0.15) is 11.6 Å². The second-order valence-corrected chi connectivity index (χ2v) is 4.43. The second-order valence-electron chi connectivity index (χ2n) is 4.43. The molecule has 102 valence electrons. The van der Waals surface area contributed by atoms with E-state index in [9.17, 15) is 14.5 Å². The first-order chi connectivity index (χ1) is 9.13. The van der Waals surface area contributed by atoms with Crippen molar-refractivity contribution < 1.29 is 9.31 Å². The summed E-state index contributed by atoms with van der Waals surface area (Å²) in [6, 6.07) is 3.22. The molecule has 5 nitrogen and oxygen atoms in total. The van der Waals surface area contributed by atoms with Gasteiger partial charge in [0.25, 0.3) is 5.69 Å². The Morgan fingerprint density at radius 2 is 2.16 bits per heavy atom. The van der Waals surface area contributed by atoms with Crippen molar-refractivity contribution >= 4 is 5.69 Å². The van der Waals surface area contributed by atoms with Crippen LogP contribution >= 0.6 is 0 Å². The number of nitro benzene ring substituents is 1. The number of hydrogen-bond donors (Lipinski definition) is 1. The van der Waals surface area contributed by atoms with Crippen LogP contribution in [0.2, 0.25) is 0 Å². The van der Waals surface area contributed by atoms with Gasteiger partial charge in [0.05, 0.1) is 16.5 Å². The molecule has 1 saturated heterocycles. The molecule has 1 aromatic rings. The fourth-order valence-electron chi connectivity index (χ4n) is 2.36. The molecule has 0 saturated carbocycles. The van der Waals surface area contributed by atoms with Crippen LogP contribution < -0.4 is 5.32 Å². The maximum Gasteiger partial charge on any atom is 0.274 e. The summed E-state index contributed by atoms with van der Waals surface area (Å²) in [5.74, 6) is -0.470. The first kappa shape index (κ1) is 13.6. The molecule has 1 fully saturated rings. The molecule has 0 aromatic heterocycles. The van der Waals surface area contributed by atoms with Gasteiger partial charge in [-0.15, -0.1) is 6.58 Å². The molecule has 0 aliphatic carbocycles. The van der Waals surface area contributed by atoms with Crippen molar-refractivity contribution in [1.29, 1.82) is 0 Å². The highest BCUT2D eigenvalue weighted by atomic mass is 19.1. The van der Waals surface area contributed by atoms with Gasteiger partial charge in [-0.3, -0.25) is 15.0 Å². The van der Waals surface area contributed by atoms with Gasteiger partial charge in [-0.25, -0.2) is 4.39 Å². The molecule has 1 N–H and O–H groups in total. The van der Waals surface area contributed by atoms with E-state index < -0.39 is 10.7 Å². The Morgan fingerprint density at radius 1 is 1.47 bits per heavy atom.